The molecule has 6 aromatic carbocycles. The Balaban J connectivity index is 1.39. The second-order valence-corrected chi connectivity index (χ2v) is 14.0. The smallest absolute Gasteiger partial charge is 0.0735 e. The summed E-state index contributed by atoms with van der Waals surface area (Å²) >= 11 is 7.56. The van der Waals surface area contributed by atoms with Crippen molar-refractivity contribution in [3.8, 4) is 22.3 Å². The first-order chi connectivity index (χ1) is 20.2. The Morgan fingerprint density at radius 3 is 2.12 bits per heavy atom. The van der Waals surface area contributed by atoms with Crippen LogP contribution in [0.1, 0.15) is 27.8 Å². The van der Waals surface area contributed by atoms with E-state index in [1.54, 1.807) is 0 Å². The molecule has 0 amide bonds. The highest BCUT2D eigenvalue weighted by Crippen LogP contribution is 2.63. The molecule has 0 N–H and O–H groups in total. The highest BCUT2D eigenvalue weighted by molar-refractivity contribution is 9.10. The van der Waals surface area contributed by atoms with Gasteiger partial charge in [-0.1, -0.05) is 103 Å². The van der Waals surface area contributed by atoms with Gasteiger partial charge >= 0.3 is 0 Å². The summed E-state index contributed by atoms with van der Waals surface area (Å²) in [6, 6.07) is 45.5. The van der Waals surface area contributed by atoms with Crippen molar-refractivity contribution in [2.75, 3.05) is 0 Å². The molecule has 9 rings (SSSR count). The van der Waals surface area contributed by atoms with Gasteiger partial charge in [0.1, 0.15) is 0 Å². The number of thiophene rings is 1. The number of hydrogen-bond acceptors (Lipinski definition) is 2. The van der Waals surface area contributed by atoms with E-state index in [0.29, 0.717) is 0 Å². The second-order valence-electron chi connectivity index (χ2n) is 11.0. The molecular formula is C38H23BrS2. The molecule has 0 atom stereocenters. The van der Waals surface area contributed by atoms with E-state index >= 15 is 0 Å². The van der Waals surface area contributed by atoms with Crippen LogP contribution in [0, 0.1) is 6.92 Å². The molecule has 2 heterocycles. The molecule has 41 heavy (non-hydrogen) atoms. The monoisotopic (exact) mass is 622 g/mol. The molecule has 7 aromatic rings. The third-order valence-corrected chi connectivity index (χ3v) is 12.2. The minimum absolute atomic E-state index is 0.334. The fraction of sp³-hybridized carbons (Fsp3) is 0.0526. The van der Waals surface area contributed by atoms with Gasteiger partial charge in [-0.05, 0) is 103 Å². The summed E-state index contributed by atoms with van der Waals surface area (Å²) in [5, 5.41) is 2.66. The highest BCUT2D eigenvalue weighted by Gasteiger charge is 2.50. The Morgan fingerprint density at radius 2 is 1.32 bits per heavy atom. The number of halogens is 1. The number of fused-ring (bicyclic) bond motifs is 12. The number of hydrogen-bond donors (Lipinski definition) is 0. The fourth-order valence-corrected chi connectivity index (χ4v) is 10.3. The molecule has 0 fully saturated rings. The lowest BCUT2D eigenvalue weighted by Gasteiger charge is -2.39. The van der Waals surface area contributed by atoms with Gasteiger partial charge in [0.25, 0.3) is 0 Å². The number of benzene rings is 6. The summed E-state index contributed by atoms with van der Waals surface area (Å²) in [5.41, 5.74) is 11.8. The predicted molar refractivity (Wildman–Crippen MR) is 179 cm³/mol. The molecule has 0 saturated heterocycles. The van der Waals surface area contributed by atoms with Gasteiger partial charge in [0.05, 0.1) is 5.41 Å². The van der Waals surface area contributed by atoms with Crippen molar-refractivity contribution in [1.29, 1.82) is 0 Å². The van der Waals surface area contributed by atoms with E-state index in [1.807, 2.05) is 23.1 Å². The molecule has 0 unspecified atom stereocenters. The Morgan fingerprint density at radius 1 is 0.610 bits per heavy atom. The zero-order chi connectivity index (χ0) is 27.3. The van der Waals surface area contributed by atoms with E-state index in [1.165, 1.54) is 80.0 Å². The summed E-state index contributed by atoms with van der Waals surface area (Å²) in [5.74, 6) is 0. The molecule has 1 aliphatic heterocycles. The number of rotatable bonds is 1. The van der Waals surface area contributed by atoms with E-state index in [0.717, 1.165) is 4.47 Å². The minimum atomic E-state index is -0.334. The van der Waals surface area contributed by atoms with Crippen LogP contribution in [0.25, 0.3) is 42.4 Å². The van der Waals surface area contributed by atoms with Crippen LogP contribution < -0.4 is 0 Å². The molecule has 194 valence electrons. The summed E-state index contributed by atoms with van der Waals surface area (Å²) in [7, 11) is 0. The van der Waals surface area contributed by atoms with Gasteiger partial charge < -0.3 is 0 Å². The molecule has 1 aromatic heterocycles. The Labute approximate surface area is 255 Å². The van der Waals surface area contributed by atoms with Crippen molar-refractivity contribution in [2.45, 2.75) is 22.1 Å². The Hall–Kier alpha value is -3.63. The topological polar surface area (TPSA) is 0 Å². The molecule has 1 spiro atoms. The molecule has 0 radical (unpaired) electrons. The normalized spacial score (nSPS) is 14.2. The van der Waals surface area contributed by atoms with Crippen molar-refractivity contribution in [2.24, 2.45) is 0 Å². The average Bonchev–Trinajstić information content (AvgIpc) is 3.53. The molecule has 0 bridgehead atoms. The predicted octanol–water partition coefficient (Wildman–Crippen LogP) is 11.6. The van der Waals surface area contributed by atoms with Crippen LogP contribution in [-0.2, 0) is 5.41 Å². The van der Waals surface area contributed by atoms with Crippen molar-refractivity contribution in [1.82, 2.24) is 0 Å². The lowest BCUT2D eigenvalue weighted by atomic mass is 9.67. The first kappa shape index (κ1) is 24.0. The van der Waals surface area contributed by atoms with Gasteiger partial charge in [-0.15, -0.1) is 11.3 Å². The average molecular weight is 624 g/mol. The molecule has 0 saturated carbocycles. The van der Waals surface area contributed by atoms with Gasteiger partial charge in [-0.3, -0.25) is 0 Å². The van der Waals surface area contributed by atoms with Crippen LogP contribution in [0.2, 0.25) is 0 Å². The third kappa shape index (κ3) is 3.12. The summed E-state index contributed by atoms with van der Waals surface area (Å²) < 4.78 is 3.80. The standard InChI is InChI=1S/C38H23BrS2/c1-22-9-6-14-30-35(22)26-21-23(24-10-8-18-34-36(24)25-11-7-15-31(39)37(25)41-34)19-20-27(26)38(30)28-12-2-4-16-32(28)40-33-17-5-3-13-29(33)38/h2-21H,1H3. The Kier molecular flexibility index (Phi) is 5.09. The largest absolute Gasteiger partial charge is 0.134 e. The van der Waals surface area contributed by atoms with Crippen molar-refractivity contribution in [3.63, 3.8) is 0 Å². The second kappa shape index (κ2) is 8.69. The SMILES string of the molecule is Cc1cccc2c1-c1cc(-c3cccc4sc5c(Br)cccc5c34)ccc1C21c2ccccc2Sc2ccccc21. The van der Waals surface area contributed by atoms with Crippen molar-refractivity contribution >= 4 is 59.2 Å². The maximum atomic E-state index is 3.80. The third-order valence-electron chi connectivity index (χ3n) is 8.96. The van der Waals surface area contributed by atoms with E-state index in [9.17, 15) is 0 Å². The zero-order valence-electron chi connectivity index (χ0n) is 22.2. The minimum Gasteiger partial charge on any atom is -0.134 e. The Bertz CT molecular complexity index is 2180. The van der Waals surface area contributed by atoms with E-state index in [-0.39, 0.29) is 5.41 Å². The van der Waals surface area contributed by atoms with Gasteiger partial charge in [-0.2, -0.15) is 0 Å². The molecule has 0 nitrogen and oxygen atoms in total. The van der Waals surface area contributed by atoms with Crippen LogP contribution in [0.15, 0.2) is 136 Å². The molecule has 1 aliphatic carbocycles. The maximum absolute atomic E-state index is 3.80. The molecule has 3 heteroatoms. The highest BCUT2D eigenvalue weighted by atomic mass is 79.9. The number of aryl methyl sites for hydroxylation is 1. The van der Waals surface area contributed by atoms with Crippen LogP contribution in [0.4, 0.5) is 0 Å². The van der Waals surface area contributed by atoms with Gasteiger partial charge in [-0.25, -0.2) is 0 Å². The quantitative estimate of drug-likeness (QED) is 0.175. The zero-order valence-corrected chi connectivity index (χ0v) is 25.5. The summed E-state index contributed by atoms with van der Waals surface area (Å²) in [6.07, 6.45) is 0. The van der Waals surface area contributed by atoms with Crippen LogP contribution in [-0.4, -0.2) is 0 Å². The molecule has 2 aliphatic rings. The lowest BCUT2D eigenvalue weighted by molar-refractivity contribution is 0.722. The maximum Gasteiger partial charge on any atom is 0.0735 e. The van der Waals surface area contributed by atoms with Crippen molar-refractivity contribution < 1.29 is 0 Å². The fourth-order valence-electron chi connectivity index (χ4n) is 7.36. The van der Waals surface area contributed by atoms with Gasteiger partial charge in [0, 0.05) is 34.4 Å². The van der Waals surface area contributed by atoms with Crippen LogP contribution in [0.3, 0.4) is 0 Å². The van der Waals surface area contributed by atoms with Gasteiger partial charge in [0.15, 0.2) is 0 Å². The van der Waals surface area contributed by atoms with E-state index in [2.05, 4.69) is 144 Å². The van der Waals surface area contributed by atoms with E-state index < -0.39 is 0 Å². The first-order valence-electron chi connectivity index (χ1n) is 13.9. The van der Waals surface area contributed by atoms with Gasteiger partial charge in [0.2, 0.25) is 0 Å². The first-order valence-corrected chi connectivity index (χ1v) is 16.3. The van der Waals surface area contributed by atoms with E-state index in [4.69, 9.17) is 0 Å². The lowest BCUT2D eigenvalue weighted by Crippen LogP contribution is -2.31. The van der Waals surface area contributed by atoms with Crippen LogP contribution in [0.5, 0.6) is 0 Å². The molecular weight excluding hydrogens is 600 g/mol. The summed E-state index contributed by atoms with van der Waals surface area (Å²) in [4.78, 5) is 2.69. The van der Waals surface area contributed by atoms with Crippen LogP contribution >= 0.6 is 39.0 Å². The summed E-state index contributed by atoms with van der Waals surface area (Å²) in [6.45, 7) is 2.27. The van der Waals surface area contributed by atoms with Crippen molar-refractivity contribution in [3.05, 3.63) is 154 Å².